The molecule has 2 aliphatic carbocycles. The van der Waals surface area contributed by atoms with E-state index in [0.717, 1.165) is 43.0 Å². The van der Waals surface area contributed by atoms with Gasteiger partial charge in [-0.2, -0.15) is 0 Å². The maximum absolute atomic E-state index is 11.0. The van der Waals surface area contributed by atoms with Crippen LogP contribution in [0.4, 0.5) is 0 Å². The monoisotopic (exact) mass is 771 g/mol. The molecule has 1 atom stereocenters. The summed E-state index contributed by atoms with van der Waals surface area (Å²) in [6.45, 7) is 4.44. The first kappa shape index (κ1) is 37.3. The van der Waals surface area contributed by atoms with Crippen LogP contribution in [0.1, 0.15) is 79.7 Å². The molecule has 3 N–H and O–H groups in total. The number of halogens is 1. The van der Waals surface area contributed by atoms with Crippen LogP contribution in [0.25, 0.3) is 44.5 Å². The molecule has 0 fully saturated rings. The van der Waals surface area contributed by atoms with E-state index < -0.39 is 5.97 Å². The van der Waals surface area contributed by atoms with Gasteiger partial charge in [0, 0.05) is 49.2 Å². The Morgan fingerprint density at radius 3 is 1.68 bits per heavy atom. The summed E-state index contributed by atoms with van der Waals surface area (Å²) in [4.78, 5) is 11.0. The van der Waals surface area contributed by atoms with Gasteiger partial charge in [0.05, 0.1) is 0 Å². The second kappa shape index (κ2) is 15.7. The van der Waals surface area contributed by atoms with E-state index in [0.29, 0.717) is 26.2 Å². The van der Waals surface area contributed by atoms with Crippen LogP contribution in [0.5, 0.6) is 0 Å². The molecule has 2 aliphatic rings. The maximum Gasteiger partial charge on any atom is 0.303 e. The van der Waals surface area contributed by atoms with Crippen molar-refractivity contribution in [2.45, 2.75) is 69.1 Å². The molecule has 0 radical (unpaired) electrons. The largest absolute Gasteiger partial charge is 0.481 e. The molecule has 0 amide bonds. The Hall–Kier alpha value is -4.07. The van der Waals surface area contributed by atoms with Crippen molar-refractivity contribution in [3.8, 4) is 44.5 Å². The number of ether oxygens (including phenoxy) is 2. The van der Waals surface area contributed by atoms with Crippen molar-refractivity contribution in [2.24, 2.45) is 5.73 Å². The lowest BCUT2D eigenvalue weighted by Gasteiger charge is -2.32. The summed E-state index contributed by atoms with van der Waals surface area (Å²) in [7, 11) is 3.58. The van der Waals surface area contributed by atoms with Gasteiger partial charge in [0.2, 0.25) is 0 Å². The average Bonchev–Trinajstić information content (AvgIpc) is 3.57. The lowest BCUT2D eigenvalue weighted by atomic mass is 9.72. The topological polar surface area (TPSA) is 81.8 Å². The molecule has 5 aromatic carbocycles. The fourth-order valence-electron chi connectivity index (χ4n) is 9.04. The van der Waals surface area contributed by atoms with Gasteiger partial charge in [-0.05, 0) is 148 Å². The first-order valence-electron chi connectivity index (χ1n) is 19.0. The number of carboxylic acid groups (broad SMARTS) is 1. The minimum absolute atomic E-state index is 0.164. The van der Waals surface area contributed by atoms with Crippen molar-refractivity contribution in [1.29, 1.82) is 0 Å². The van der Waals surface area contributed by atoms with Gasteiger partial charge in [0.15, 0.2) is 0 Å². The van der Waals surface area contributed by atoms with Crippen molar-refractivity contribution in [1.82, 2.24) is 0 Å². The minimum Gasteiger partial charge on any atom is -0.481 e. The fraction of sp³-hybridized carbons (Fsp3) is 0.340. The molecule has 7 rings (SSSR count). The molecule has 6 heteroatoms. The van der Waals surface area contributed by atoms with Crippen molar-refractivity contribution in [3.63, 3.8) is 0 Å². The molecule has 274 valence electrons. The Labute approximate surface area is 322 Å². The van der Waals surface area contributed by atoms with Gasteiger partial charge < -0.3 is 20.3 Å². The number of carbonyl (C=O) groups is 1. The third-order valence-electron chi connectivity index (χ3n) is 11.9. The van der Waals surface area contributed by atoms with Crippen LogP contribution in [0.2, 0.25) is 0 Å². The highest BCUT2D eigenvalue weighted by atomic mass is 79.9. The van der Waals surface area contributed by atoms with Crippen LogP contribution < -0.4 is 5.73 Å². The standard InChI is InChI=1S/C47H50BrNO4/c1-46(21-4-5-24-49)41-27-33(32-11-9-31(10-12-32)7-6-8-45(50)51)13-17-37(41)38-18-14-34(28-42(38)46)35-15-19-39-40-20-16-36(48)30-44(40)47(22-25-52-2,23-26-53-3)43(39)29-35/h9-20,27-30H,4-8,21-26,49H2,1-3H3,(H,50,51). The number of hydrogen-bond acceptors (Lipinski definition) is 4. The number of rotatable bonds is 16. The van der Waals surface area contributed by atoms with E-state index in [9.17, 15) is 4.79 Å². The second-order valence-corrected chi connectivity index (χ2v) is 16.0. The normalized spacial score (nSPS) is 16.2. The van der Waals surface area contributed by atoms with E-state index in [1.165, 1.54) is 72.3 Å². The zero-order valence-corrected chi connectivity index (χ0v) is 32.7. The fourth-order valence-corrected chi connectivity index (χ4v) is 9.40. The molecule has 0 aromatic heterocycles. The van der Waals surface area contributed by atoms with Gasteiger partial charge in [0.1, 0.15) is 0 Å². The quantitative estimate of drug-likeness (QED) is 0.0976. The van der Waals surface area contributed by atoms with Gasteiger partial charge in [-0.25, -0.2) is 0 Å². The Kier molecular flexibility index (Phi) is 11.1. The van der Waals surface area contributed by atoms with Crippen LogP contribution >= 0.6 is 15.9 Å². The molecule has 0 bridgehead atoms. The number of nitrogens with two attached hydrogens (primary N) is 1. The van der Waals surface area contributed by atoms with Gasteiger partial charge >= 0.3 is 5.97 Å². The molecule has 0 aliphatic heterocycles. The highest BCUT2D eigenvalue weighted by Gasteiger charge is 2.43. The number of fused-ring (bicyclic) bond motifs is 6. The predicted octanol–water partition coefficient (Wildman–Crippen LogP) is 10.9. The van der Waals surface area contributed by atoms with Crippen molar-refractivity contribution < 1.29 is 19.4 Å². The summed E-state index contributed by atoms with van der Waals surface area (Å²) in [6, 6.07) is 36.4. The first-order valence-corrected chi connectivity index (χ1v) is 19.8. The smallest absolute Gasteiger partial charge is 0.303 e. The second-order valence-electron chi connectivity index (χ2n) is 15.1. The molecule has 5 nitrogen and oxygen atoms in total. The molecule has 0 spiro atoms. The van der Waals surface area contributed by atoms with E-state index in [-0.39, 0.29) is 17.3 Å². The van der Waals surface area contributed by atoms with Crippen LogP contribution in [0.3, 0.4) is 0 Å². The van der Waals surface area contributed by atoms with Gasteiger partial charge in [-0.1, -0.05) is 96.0 Å². The summed E-state index contributed by atoms with van der Waals surface area (Å²) >= 11 is 3.77. The van der Waals surface area contributed by atoms with Gasteiger partial charge in [-0.3, -0.25) is 4.79 Å². The number of aliphatic carboxylic acids is 1. The molecule has 0 saturated carbocycles. The summed E-state index contributed by atoms with van der Waals surface area (Å²) < 4.78 is 12.5. The molecular formula is C47H50BrNO4. The number of unbranched alkanes of at least 4 members (excludes halogenated alkanes) is 1. The molecule has 53 heavy (non-hydrogen) atoms. The first-order chi connectivity index (χ1) is 25.7. The number of aryl methyl sites for hydroxylation is 1. The average molecular weight is 773 g/mol. The van der Waals surface area contributed by atoms with Crippen molar-refractivity contribution in [3.05, 3.63) is 129 Å². The summed E-state index contributed by atoms with van der Waals surface area (Å²) in [5, 5.41) is 9.04. The van der Waals surface area contributed by atoms with Crippen molar-refractivity contribution >= 4 is 21.9 Å². The lowest BCUT2D eigenvalue weighted by molar-refractivity contribution is -0.137. The summed E-state index contributed by atoms with van der Waals surface area (Å²) in [5.41, 5.74) is 22.3. The summed E-state index contributed by atoms with van der Waals surface area (Å²) in [6.07, 6.45) is 6.43. The van der Waals surface area contributed by atoms with Crippen LogP contribution in [0.15, 0.2) is 102 Å². The zero-order chi connectivity index (χ0) is 37.2. The lowest BCUT2D eigenvalue weighted by Crippen LogP contribution is -2.29. The predicted molar refractivity (Wildman–Crippen MR) is 220 cm³/mol. The number of hydrogen-bond donors (Lipinski definition) is 2. The molecule has 5 aromatic rings. The number of carboxylic acids is 1. The van der Waals surface area contributed by atoms with E-state index in [2.05, 4.69) is 120 Å². The molecular weight excluding hydrogens is 722 g/mol. The van der Waals surface area contributed by atoms with E-state index in [1.54, 1.807) is 14.2 Å². The van der Waals surface area contributed by atoms with Gasteiger partial charge in [-0.15, -0.1) is 0 Å². The molecule has 0 saturated heterocycles. The third kappa shape index (κ3) is 7.03. The molecule has 0 heterocycles. The van der Waals surface area contributed by atoms with E-state index >= 15 is 0 Å². The van der Waals surface area contributed by atoms with E-state index in [4.69, 9.17) is 20.3 Å². The highest BCUT2D eigenvalue weighted by Crippen LogP contribution is 2.56. The number of benzene rings is 5. The Bertz CT molecular complexity index is 2110. The van der Waals surface area contributed by atoms with Gasteiger partial charge in [0.25, 0.3) is 0 Å². The Morgan fingerprint density at radius 2 is 1.13 bits per heavy atom. The Balaban J connectivity index is 1.27. The molecule has 1 unspecified atom stereocenters. The third-order valence-corrected chi connectivity index (χ3v) is 12.4. The van der Waals surface area contributed by atoms with Crippen LogP contribution in [0, 0.1) is 0 Å². The minimum atomic E-state index is -0.743. The maximum atomic E-state index is 11.0. The highest BCUT2D eigenvalue weighted by molar-refractivity contribution is 9.10. The van der Waals surface area contributed by atoms with Crippen molar-refractivity contribution in [2.75, 3.05) is 34.0 Å². The Morgan fingerprint density at radius 1 is 0.642 bits per heavy atom. The van der Waals surface area contributed by atoms with E-state index in [1.807, 2.05) is 0 Å². The van der Waals surface area contributed by atoms with Crippen LogP contribution in [-0.4, -0.2) is 45.1 Å². The SMILES string of the molecule is COCCC1(CCOC)c2cc(Br)ccc2-c2ccc(-c3ccc4c(c3)C(C)(CCCCN)c3cc(-c5ccc(CCCC(=O)O)cc5)ccc3-4)cc21. The zero-order valence-electron chi connectivity index (χ0n) is 31.1. The summed E-state index contributed by atoms with van der Waals surface area (Å²) in [5.74, 6) is -0.743. The van der Waals surface area contributed by atoms with Crippen LogP contribution in [-0.2, 0) is 31.5 Å². The number of methoxy groups -OCH3 is 2.